The molecule has 0 radical (unpaired) electrons. The van der Waals surface area contributed by atoms with E-state index in [9.17, 15) is 17.7 Å². The van der Waals surface area contributed by atoms with E-state index in [1.807, 2.05) is 0 Å². The second kappa shape index (κ2) is 6.62. The zero-order chi connectivity index (χ0) is 12.8. The van der Waals surface area contributed by atoms with Gasteiger partial charge in [0.25, 0.3) is 0 Å². The van der Waals surface area contributed by atoms with Gasteiger partial charge in [-0.25, -0.2) is 0 Å². The van der Waals surface area contributed by atoms with Crippen LogP contribution in [0.1, 0.15) is 27.2 Å². The van der Waals surface area contributed by atoms with Crippen molar-refractivity contribution in [2.75, 3.05) is 19.4 Å². The summed E-state index contributed by atoms with van der Waals surface area (Å²) in [5, 5.41) is 0. The zero-order valence-electron chi connectivity index (χ0n) is 9.71. The number of hydrogen-bond donors (Lipinski definition) is 0. The molecule has 0 aromatic carbocycles. The highest BCUT2D eigenvalue weighted by molar-refractivity contribution is 7.53. The Bertz CT molecular complexity index is 233. The van der Waals surface area contributed by atoms with Crippen molar-refractivity contribution in [3.05, 3.63) is 0 Å². The Morgan fingerprint density at radius 2 is 1.56 bits per heavy atom. The zero-order valence-corrected chi connectivity index (χ0v) is 10.6. The Hall–Kier alpha value is -0.0600. The van der Waals surface area contributed by atoms with Gasteiger partial charge < -0.3 is 9.05 Å². The van der Waals surface area contributed by atoms with Gasteiger partial charge in [-0.2, -0.15) is 13.2 Å². The Morgan fingerprint density at radius 1 is 1.12 bits per heavy atom. The first-order valence-corrected chi connectivity index (χ1v) is 6.96. The molecule has 0 aliphatic heterocycles. The predicted molar refractivity (Wildman–Crippen MR) is 55.6 cm³/mol. The van der Waals surface area contributed by atoms with Crippen LogP contribution in [0.25, 0.3) is 0 Å². The fourth-order valence-corrected chi connectivity index (χ4v) is 3.35. The number of hydrogen-bond acceptors (Lipinski definition) is 3. The van der Waals surface area contributed by atoms with Crippen LogP contribution in [0.2, 0.25) is 0 Å². The standard InChI is InChI=1S/C9H18F3O3P/c1-4-8(9(10,11)12)7-16(13,14-5-2)15-6-3/h8H,4-7H2,1-3H3. The van der Waals surface area contributed by atoms with Gasteiger partial charge in [0.1, 0.15) is 0 Å². The highest BCUT2D eigenvalue weighted by atomic mass is 31.2. The summed E-state index contributed by atoms with van der Waals surface area (Å²) >= 11 is 0. The van der Waals surface area contributed by atoms with Crippen molar-refractivity contribution >= 4 is 7.60 Å². The van der Waals surface area contributed by atoms with Gasteiger partial charge >= 0.3 is 13.8 Å². The van der Waals surface area contributed by atoms with Crippen LogP contribution in [0, 0.1) is 5.92 Å². The van der Waals surface area contributed by atoms with Gasteiger partial charge in [0.05, 0.1) is 25.3 Å². The lowest BCUT2D eigenvalue weighted by Crippen LogP contribution is -2.26. The lowest BCUT2D eigenvalue weighted by molar-refractivity contribution is -0.169. The molecule has 0 heterocycles. The van der Waals surface area contributed by atoms with Crippen molar-refractivity contribution in [3.8, 4) is 0 Å². The lowest BCUT2D eigenvalue weighted by Gasteiger charge is -2.23. The molecule has 0 aromatic heterocycles. The summed E-state index contributed by atoms with van der Waals surface area (Å²) in [6.07, 6.45) is -5.10. The molecule has 98 valence electrons. The van der Waals surface area contributed by atoms with Crippen molar-refractivity contribution in [3.63, 3.8) is 0 Å². The molecule has 0 N–H and O–H groups in total. The van der Waals surface area contributed by atoms with Gasteiger partial charge in [0, 0.05) is 0 Å². The second-order valence-electron chi connectivity index (χ2n) is 3.28. The SMILES string of the molecule is CCOP(=O)(CC(CC)C(F)(F)F)OCC. The molecule has 0 saturated carbocycles. The first-order valence-electron chi connectivity index (χ1n) is 5.23. The van der Waals surface area contributed by atoms with Crippen molar-refractivity contribution in [1.82, 2.24) is 0 Å². The van der Waals surface area contributed by atoms with Gasteiger partial charge in [0.15, 0.2) is 0 Å². The highest BCUT2D eigenvalue weighted by Crippen LogP contribution is 2.52. The Labute approximate surface area is 93.8 Å². The molecule has 0 bridgehead atoms. The molecule has 16 heavy (non-hydrogen) atoms. The fourth-order valence-electron chi connectivity index (χ4n) is 1.27. The first kappa shape index (κ1) is 15.9. The highest BCUT2D eigenvalue weighted by Gasteiger charge is 2.43. The van der Waals surface area contributed by atoms with E-state index >= 15 is 0 Å². The minimum absolute atomic E-state index is 0.0750. The first-order chi connectivity index (χ1) is 7.29. The van der Waals surface area contributed by atoms with Crippen LogP contribution in [0.5, 0.6) is 0 Å². The summed E-state index contributed by atoms with van der Waals surface area (Å²) in [6, 6.07) is 0. The topological polar surface area (TPSA) is 35.5 Å². The largest absolute Gasteiger partial charge is 0.392 e. The van der Waals surface area contributed by atoms with E-state index in [-0.39, 0.29) is 19.6 Å². The van der Waals surface area contributed by atoms with Gasteiger partial charge in [-0.05, 0) is 20.3 Å². The molecule has 1 atom stereocenters. The van der Waals surface area contributed by atoms with E-state index in [1.54, 1.807) is 13.8 Å². The summed E-state index contributed by atoms with van der Waals surface area (Å²) < 4.78 is 59.0. The molecule has 0 rings (SSSR count). The number of rotatable bonds is 7. The van der Waals surface area contributed by atoms with Crippen molar-refractivity contribution in [1.29, 1.82) is 0 Å². The van der Waals surface area contributed by atoms with E-state index in [2.05, 4.69) is 0 Å². The Kier molecular flexibility index (Phi) is 6.60. The summed E-state index contributed by atoms with van der Waals surface area (Å²) in [7, 11) is -3.61. The quantitative estimate of drug-likeness (QED) is 0.654. The third kappa shape index (κ3) is 5.32. The minimum Gasteiger partial charge on any atom is -0.309 e. The molecule has 7 heteroatoms. The van der Waals surface area contributed by atoms with Crippen LogP contribution in [0.4, 0.5) is 13.2 Å². The molecule has 0 amide bonds. The maximum atomic E-state index is 12.5. The molecule has 3 nitrogen and oxygen atoms in total. The maximum absolute atomic E-state index is 12.5. The third-order valence-corrected chi connectivity index (χ3v) is 4.24. The minimum atomic E-state index is -4.36. The predicted octanol–water partition coefficient (Wildman–Crippen LogP) is 3.84. The molecular weight excluding hydrogens is 244 g/mol. The van der Waals surface area contributed by atoms with Gasteiger partial charge in [0.2, 0.25) is 0 Å². The van der Waals surface area contributed by atoms with Crippen LogP contribution in [-0.4, -0.2) is 25.6 Å². The van der Waals surface area contributed by atoms with Crippen LogP contribution in [0.3, 0.4) is 0 Å². The molecular formula is C9H18F3O3P. The van der Waals surface area contributed by atoms with Crippen molar-refractivity contribution in [2.24, 2.45) is 5.92 Å². The molecule has 0 aliphatic rings. The molecule has 0 aromatic rings. The van der Waals surface area contributed by atoms with Crippen LogP contribution < -0.4 is 0 Å². The average molecular weight is 262 g/mol. The monoisotopic (exact) mass is 262 g/mol. The van der Waals surface area contributed by atoms with Crippen molar-refractivity contribution < 1.29 is 26.8 Å². The fraction of sp³-hybridized carbons (Fsp3) is 1.00. The smallest absolute Gasteiger partial charge is 0.309 e. The second-order valence-corrected chi connectivity index (χ2v) is 5.38. The summed E-state index contributed by atoms with van der Waals surface area (Å²) in [4.78, 5) is 0. The average Bonchev–Trinajstić information content (AvgIpc) is 2.13. The molecule has 0 spiro atoms. The molecule has 0 saturated heterocycles. The number of halogens is 3. The summed E-state index contributed by atoms with van der Waals surface area (Å²) in [5.41, 5.74) is 0. The summed E-state index contributed by atoms with van der Waals surface area (Å²) in [6.45, 7) is 4.69. The van der Waals surface area contributed by atoms with E-state index in [0.29, 0.717) is 0 Å². The number of alkyl halides is 3. The van der Waals surface area contributed by atoms with E-state index in [0.717, 1.165) is 0 Å². The molecule has 0 aliphatic carbocycles. The summed E-state index contributed by atoms with van der Waals surface area (Å²) in [5.74, 6) is -1.64. The van der Waals surface area contributed by atoms with Crippen molar-refractivity contribution in [2.45, 2.75) is 33.4 Å². The van der Waals surface area contributed by atoms with E-state index in [4.69, 9.17) is 9.05 Å². The van der Waals surface area contributed by atoms with Gasteiger partial charge in [-0.15, -0.1) is 0 Å². The Balaban J connectivity index is 4.66. The Morgan fingerprint density at radius 3 is 1.81 bits per heavy atom. The van der Waals surface area contributed by atoms with Crippen LogP contribution >= 0.6 is 7.60 Å². The normalized spacial score (nSPS) is 15.1. The molecule has 0 fully saturated rings. The van der Waals surface area contributed by atoms with Gasteiger partial charge in [-0.1, -0.05) is 6.92 Å². The lowest BCUT2D eigenvalue weighted by atomic mass is 10.1. The third-order valence-electron chi connectivity index (χ3n) is 2.05. The van der Waals surface area contributed by atoms with Crippen LogP contribution in [-0.2, 0) is 13.6 Å². The van der Waals surface area contributed by atoms with E-state index in [1.165, 1.54) is 6.92 Å². The maximum Gasteiger partial charge on any atom is 0.392 e. The van der Waals surface area contributed by atoms with E-state index < -0.39 is 25.9 Å². The van der Waals surface area contributed by atoms with Crippen LogP contribution in [0.15, 0.2) is 0 Å². The molecule has 1 unspecified atom stereocenters. The van der Waals surface area contributed by atoms with Gasteiger partial charge in [-0.3, -0.25) is 4.57 Å².